The first-order chi connectivity index (χ1) is 11.1. The summed E-state index contributed by atoms with van der Waals surface area (Å²) in [5, 5.41) is 3.10. The molecule has 2 aromatic rings. The molecule has 0 fully saturated rings. The summed E-state index contributed by atoms with van der Waals surface area (Å²) < 4.78 is 0. The van der Waals surface area contributed by atoms with Gasteiger partial charge in [0, 0.05) is 17.9 Å². The molecular weight excluding hydrogens is 284 g/mol. The molecule has 0 spiro atoms. The van der Waals surface area contributed by atoms with Gasteiger partial charge in [0.05, 0.1) is 0 Å². The Morgan fingerprint density at radius 2 is 1.96 bits per heavy atom. The number of hydrogen-bond donors (Lipinski definition) is 1. The Labute approximate surface area is 138 Å². The van der Waals surface area contributed by atoms with Crippen LogP contribution in [0.5, 0.6) is 0 Å². The van der Waals surface area contributed by atoms with Crippen LogP contribution in [0.15, 0.2) is 42.5 Å². The predicted molar refractivity (Wildman–Crippen MR) is 96.1 cm³/mol. The lowest BCUT2D eigenvalue weighted by atomic mass is 10.00. The third kappa shape index (κ3) is 3.24. The minimum absolute atomic E-state index is 0.0513. The Balaban J connectivity index is 1.79. The summed E-state index contributed by atoms with van der Waals surface area (Å²) in [6, 6.07) is 14.4. The zero-order valence-corrected chi connectivity index (χ0v) is 14.1. The van der Waals surface area contributed by atoms with Gasteiger partial charge in [0.15, 0.2) is 0 Å². The lowest BCUT2D eigenvalue weighted by molar-refractivity contribution is -0.117. The number of hydrogen-bond acceptors (Lipinski definition) is 2. The normalized spacial score (nSPS) is 15.0. The molecule has 1 aliphatic heterocycles. The molecule has 23 heavy (non-hydrogen) atoms. The number of benzene rings is 2. The Morgan fingerprint density at radius 1 is 1.17 bits per heavy atom. The van der Waals surface area contributed by atoms with E-state index in [1.807, 2.05) is 39.0 Å². The average Bonchev–Trinajstić information content (AvgIpc) is 2.57. The first kappa shape index (κ1) is 15.6. The number of amides is 1. The minimum atomic E-state index is -0.184. The Bertz CT molecular complexity index is 723. The summed E-state index contributed by atoms with van der Waals surface area (Å²) >= 11 is 0. The molecule has 3 rings (SSSR count). The van der Waals surface area contributed by atoms with Gasteiger partial charge in [-0.3, -0.25) is 4.79 Å². The number of rotatable bonds is 3. The van der Waals surface area contributed by atoms with E-state index < -0.39 is 0 Å². The molecule has 0 radical (unpaired) electrons. The fourth-order valence-electron chi connectivity index (χ4n) is 3.21. The van der Waals surface area contributed by atoms with E-state index in [4.69, 9.17) is 0 Å². The molecule has 0 saturated heterocycles. The third-order valence-electron chi connectivity index (χ3n) is 4.64. The Kier molecular flexibility index (Phi) is 4.37. The molecular formula is C20H24N2O. The van der Waals surface area contributed by atoms with Gasteiger partial charge in [-0.15, -0.1) is 0 Å². The van der Waals surface area contributed by atoms with Crippen LogP contribution in [0.3, 0.4) is 0 Å². The maximum Gasteiger partial charge on any atom is 0.246 e. The van der Waals surface area contributed by atoms with E-state index >= 15 is 0 Å². The number of nitrogens with zero attached hydrogens (tertiary/aromatic N) is 1. The van der Waals surface area contributed by atoms with Crippen LogP contribution >= 0.6 is 0 Å². The summed E-state index contributed by atoms with van der Waals surface area (Å²) in [6.07, 6.45) is 2.19. The van der Waals surface area contributed by atoms with E-state index in [-0.39, 0.29) is 11.9 Å². The van der Waals surface area contributed by atoms with Crippen molar-refractivity contribution in [2.75, 3.05) is 16.8 Å². The Morgan fingerprint density at radius 3 is 2.78 bits per heavy atom. The van der Waals surface area contributed by atoms with Crippen molar-refractivity contribution in [1.29, 1.82) is 0 Å². The highest BCUT2D eigenvalue weighted by Crippen LogP contribution is 2.29. The highest BCUT2D eigenvalue weighted by Gasteiger charge is 2.26. The zero-order chi connectivity index (χ0) is 16.4. The highest BCUT2D eigenvalue weighted by atomic mass is 16.2. The molecule has 2 aromatic carbocycles. The molecule has 0 aromatic heterocycles. The second kappa shape index (κ2) is 6.45. The number of carbonyl (C=O) groups excluding carboxylic acids is 1. The Hall–Kier alpha value is -2.29. The van der Waals surface area contributed by atoms with Crippen molar-refractivity contribution in [3.05, 3.63) is 59.2 Å². The topological polar surface area (TPSA) is 32.3 Å². The molecule has 1 aliphatic rings. The molecule has 1 heterocycles. The van der Waals surface area contributed by atoms with Crippen molar-refractivity contribution in [3.8, 4) is 0 Å². The van der Waals surface area contributed by atoms with E-state index in [1.165, 1.54) is 11.3 Å². The lowest BCUT2D eigenvalue weighted by Crippen LogP contribution is -2.44. The zero-order valence-electron chi connectivity index (χ0n) is 14.1. The number of nitrogens with one attached hydrogen (secondary N) is 1. The van der Waals surface area contributed by atoms with Crippen molar-refractivity contribution in [3.63, 3.8) is 0 Å². The first-order valence-electron chi connectivity index (χ1n) is 8.29. The smallest absolute Gasteiger partial charge is 0.246 e. The standard InChI is InChI=1S/C20H24N2O/c1-14-10-11-15(2)18(13-14)21-20(23)16(3)22-12-6-8-17-7-4-5-9-19(17)22/h4-5,7,9-11,13,16H,6,8,12H2,1-3H3,(H,21,23)/t16-/m1/s1. The van der Waals surface area contributed by atoms with Crippen LogP contribution in [0, 0.1) is 13.8 Å². The van der Waals surface area contributed by atoms with Crippen molar-refractivity contribution in [2.24, 2.45) is 0 Å². The van der Waals surface area contributed by atoms with Gasteiger partial charge in [-0.1, -0.05) is 30.3 Å². The van der Waals surface area contributed by atoms with Crippen molar-refractivity contribution in [1.82, 2.24) is 0 Å². The number of aryl methyl sites for hydroxylation is 3. The molecule has 3 nitrogen and oxygen atoms in total. The van der Waals surface area contributed by atoms with Crippen molar-refractivity contribution >= 4 is 17.3 Å². The molecule has 1 N–H and O–H groups in total. The summed E-state index contributed by atoms with van der Waals surface area (Å²) in [7, 11) is 0. The summed E-state index contributed by atoms with van der Waals surface area (Å²) in [4.78, 5) is 15.0. The molecule has 0 aliphatic carbocycles. The SMILES string of the molecule is Cc1ccc(C)c(NC(=O)[C@@H](C)N2CCCc3ccccc32)c1. The number of anilines is 2. The van der Waals surface area contributed by atoms with Gasteiger partial charge in [0.2, 0.25) is 5.91 Å². The van der Waals surface area contributed by atoms with Crippen molar-refractivity contribution in [2.45, 2.75) is 39.7 Å². The van der Waals surface area contributed by atoms with Crippen LogP contribution in [0.4, 0.5) is 11.4 Å². The first-order valence-corrected chi connectivity index (χ1v) is 8.29. The maximum atomic E-state index is 12.7. The third-order valence-corrected chi connectivity index (χ3v) is 4.64. The van der Waals surface area contributed by atoms with E-state index in [0.717, 1.165) is 36.2 Å². The maximum absolute atomic E-state index is 12.7. The van der Waals surface area contributed by atoms with Gasteiger partial charge >= 0.3 is 0 Å². The van der Waals surface area contributed by atoms with Gasteiger partial charge in [0.1, 0.15) is 6.04 Å². The fraction of sp³-hybridized carbons (Fsp3) is 0.350. The van der Waals surface area contributed by atoms with E-state index in [2.05, 4.69) is 34.5 Å². The second-order valence-electron chi connectivity index (χ2n) is 6.41. The number of carbonyl (C=O) groups is 1. The van der Waals surface area contributed by atoms with Crippen LogP contribution in [-0.2, 0) is 11.2 Å². The number of fused-ring (bicyclic) bond motifs is 1. The summed E-state index contributed by atoms with van der Waals surface area (Å²) in [5.74, 6) is 0.0513. The van der Waals surface area contributed by atoms with Crippen LogP contribution in [-0.4, -0.2) is 18.5 Å². The largest absolute Gasteiger partial charge is 0.360 e. The molecule has 0 bridgehead atoms. The quantitative estimate of drug-likeness (QED) is 0.926. The van der Waals surface area contributed by atoms with Crippen molar-refractivity contribution < 1.29 is 4.79 Å². The molecule has 0 saturated carbocycles. The minimum Gasteiger partial charge on any atom is -0.360 e. The van der Waals surface area contributed by atoms with E-state index in [0.29, 0.717) is 0 Å². The lowest BCUT2D eigenvalue weighted by Gasteiger charge is -2.35. The summed E-state index contributed by atoms with van der Waals surface area (Å²) in [6.45, 7) is 6.98. The number of para-hydroxylation sites is 1. The van der Waals surface area contributed by atoms with Crippen LogP contribution in [0.25, 0.3) is 0 Å². The predicted octanol–water partition coefficient (Wildman–Crippen LogP) is 4.08. The van der Waals surface area contributed by atoms with Gasteiger partial charge in [0.25, 0.3) is 0 Å². The average molecular weight is 308 g/mol. The second-order valence-corrected chi connectivity index (χ2v) is 6.41. The summed E-state index contributed by atoms with van der Waals surface area (Å²) in [5.41, 5.74) is 5.69. The highest BCUT2D eigenvalue weighted by molar-refractivity contribution is 5.97. The van der Waals surface area contributed by atoms with E-state index in [1.54, 1.807) is 0 Å². The fourth-order valence-corrected chi connectivity index (χ4v) is 3.21. The van der Waals surface area contributed by atoms with Gasteiger partial charge in [-0.05, 0) is 62.4 Å². The van der Waals surface area contributed by atoms with Gasteiger partial charge in [-0.25, -0.2) is 0 Å². The molecule has 1 amide bonds. The molecule has 0 unspecified atom stereocenters. The van der Waals surface area contributed by atoms with Crippen LogP contribution in [0.2, 0.25) is 0 Å². The molecule has 3 heteroatoms. The molecule has 120 valence electrons. The van der Waals surface area contributed by atoms with Crippen LogP contribution < -0.4 is 10.2 Å². The van der Waals surface area contributed by atoms with Crippen LogP contribution in [0.1, 0.15) is 30.0 Å². The monoisotopic (exact) mass is 308 g/mol. The molecule has 1 atom stereocenters. The van der Waals surface area contributed by atoms with Gasteiger partial charge < -0.3 is 10.2 Å². The van der Waals surface area contributed by atoms with E-state index in [9.17, 15) is 4.79 Å². The van der Waals surface area contributed by atoms with Gasteiger partial charge in [-0.2, -0.15) is 0 Å².